The molecule has 1 aliphatic heterocycles. The van der Waals surface area contributed by atoms with E-state index in [1.165, 1.54) is 17.7 Å². The Balaban J connectivity index is 1.84. The fraction of sp³-hybridized carbons (Fsp3) is 0.250. The summed E-state index contributed by atoms with van der Waals surface area (Å²) in [5.74, 6) is 0. The standard InChI is InChI=1S/C16H18BNO2/c19-17(20)15-8-3-5-13(11-15)12-18-10-4-7-14-6-1-2-9-16(14)18/h1-3,5-6,8-9,11,19-20H,4,7,10,12H2. The van der Waals surface area contributed by atoms with E-state index >= 15 is 0 Å². The van der Waals surface area contributed by atoms with Crippen LogP contribution in [0.15, 0.2) is 48.5 Å². The first-order valence-corrected chi connectivity index (χ1v) is 7.02. The molecule has 0 fully saturated rings. The molecule has 102 valence electrons. The molecular formula is C16H18BNO2. The third-order valence-corrected chi connectivity index (χ3v) is 3.83. The van der Waals surface area contributed by atoms with Gasteiger partial charge in [-0.3, -0.25) is 0 Å². The lowest BCUT2D eigenvalue weighted by Crippen LogP contribution is -2.32. The van der Waals surface area contributed by atoms with Crippen molar-refractivity contribution in [1.29, 1.82) is 0 Å². The zero-order chi connectivity index (χ0) is 13.9. The molecule has 0 spiro atoms. The SMILES string of the molecule is OB(O)c1cccc(CN2CCCc3ccccc32)c1. The van der Waals surface area contributed by atoms with Crippen molar-refractivity contribution >= 4 is 18.3 Å². The lowest BCUT2D eigenvalue weighted by atomic mass is 9.79. The summed E-state index contributed by atoms with van der Waals surface area (Å²) in [6, 6.07) is 16.0. The van der Waals surface area contributed by atoms with Gasteiger partial charge in [-0.25, -0.2) is 0 Å². The van der Waals surface area contributed by atoms with E-state index in [-0.39, 0.29) is 0 Å². The van der Waals surface area contributed by atoms with Gasteiger partial charge in [0, 0.05) is 18.8 Å². The largest absolute Gasteiger partial charge is 0.488 e. The molecular weight excluding hydrogens is 249 g/mol. The van der Waals surface area contributed by atoms with Gasteiger partial charge in [0.1, 0.15) is 0 Å². The summed E-state index contributed by atoms with van der Waals surface area (Å²) in [5, 5.41) is 18.5. The lowest BCUT2D eigenvalue weighted by molar-refractivity contribution is 0.425. The van der Waals surface area contributed by atoms with E-state index in [0.29, 0.717) is 5.46 Å². The molecule has 0 aliphatic carbocycles. The number of hydrogen-bond donors (Lipinski definition) is 2. The number of hydrogen-bond acceptors (Lipinski definition) is 3. The average Bonchev–Trinajstić information content (AvgIpc) is 2.48. The maximum absolute atomic E-state index is 9.25. The van der Waals surface area contributed by atoms with E-state index in [2.05, 4.69) is 29.2 Å². The summed E-state index contributed by atoms with van der Waals surface area (Å²) >= 11 is 0. The fourth-order valence-corrected chi connectivity index (χ4v) is 2.85. The quantitative estimate of drug-likeness (QED) is 0.824. The number of para-hydroxylation sites is 1. The molecule has 3 rings (SSSR count). The van der Waals surface area contributed by atoms with E-state index in [4.69, 9.17) is 0 Å². The second kappa shape index (κ2) is 5.69. The van der Waals surface area contributed by atoms with E-state index in [1.54, 1.807) is 6.07 Å². The van der Waals surface area contributed by atoms with Crippen LogP contribution < -0.4 is 10.4 Å². The molecule has 0 unspecified atom stereocenters. The van der Waals surface area contributed by atoms with Gasteiger partial charge in [-0.1, -0.05) is 42.5 Å². The van der Waals surface area contributed by atoms with Crippen molar-refractivity contribution in [3.8, 4) is 0 Å². The Bertz CT molecular complexity index is 601. The summed E-state index contributed by atoms with van der Waals surface area (Å²) in [6.07, 6.45) is 2.31. The van der Waals surface area contributed by atoms with Gasteiger partial charge < -0.3 is 14.9 Å². The molecule has 1 aliphatic rings. The zero-order valence-corrected chi connectivity index (χ0v) is 11.4. The summed E-state index contributed by atoms with van der Waals surface area (Å²) in [6.45, 7) is 1.85. The number of benzene rings is 2. The van der Waals surface area contributed by atoms with Crippen LogP contribution in [0.25, 0.3) is 0 Å². The summed E-state index contributed by atoms with van der Waals surface area (Å²) in [5.41, 5.74) is 4.35. The fourth-order valence-electron chi connectivity index (χ4n) is 2.85. The Kier molecular flexibility index (Phi) is 3.76. The average molecular weight is 267 g/mol. The molecule has 0 saturated carbocycles. The summed E-state index contributed by atoms with van der Waals surface area (Å²) in [7, 11) is -1.40. The highest BCUT2D eigenvalue weighted by molar-refractivity contribution is 6.58. The van der Waals surface area contributed by atoms with Crippen LogP contribution in [0.3, 0.4) is 0 Å². The zero-order valence-electron chi connectivity index (χ0n) is 11.4. The first-order chi connectivity index (χ1) is 9.74. The maximum atomic E-state index is 9.25. The topological polar surface area (TPSA) is 43.7 Å². The van der Waals surface area contributed by atoms with Crippen LogP contribution in [-0.4, -0.2) is 23.7 Å². The first kappa shape index (κ1) is 13.2. The van der Waals surface area contributed by atoms with Gasteiger partial charge in [0.2, 0.25) is 0 Å². The van der Waals surface area contributed by atoms with Crippen LogP contribution in [-0.2, 0) is 13.0 Å². The summed E-state index contributed by atoms with van der Waals surface area (Å²) in [4.78, 5) is 2.36. The van der Waals surface area contributed by atoms with Gasteiger partial charge in [0.05, 0.1) is 0 Å². The molecule has 0 radical (unpaired) electrons. The highest BCUT2D eigenvalue weighted by atomic mass is 16.4. The minimum atomic E-state index is -1.40. The second-order valence-corrected chi connectivity index (χ2v) is 5.27. The van der Waals surface area contributed by atoms with E-state index in [0.717, 1.165) is 25.1 Å². The predicted molar refractivity (Wildman–Crippen MR) is 82.1 cm³/mol. The molecule has 0 bridgehead atoms. The molecule has 4 heteroatoms. The van der Waals surface area contributed by atoms with Crippen molar-refractivity contribution in [2.45, 2.75) is 19.4 Å². The van der Waals surface area contributed by atoms with Gasteiger partial charge in [0.25, 0.3) is 0 Å². The van der Waals surface area contributed by atoms with Gasteiger partial charge >= 0.3 is 7.12 Å². The van der Waals surface area contributed by atoms with Crippen molar-refractivity contribution in [1.82, 2.24) is 0 Å². The molecule has 2 N–H and O–H groups in total. The van der Waals surface area contributed by atoms with Crippen LogP contribution in [0.1, 0.15) is 17.5 Å². The third kappa shape index (κ3) is 2.71. The van der Waals surface area contributed by atoms with Crippen molar-refractivity contribution in [2.24, 2.45) is 0 Å². The highest BCUT2D eigenvalue weighted by Crippen LogP contribution is 2.27. The normalized spacial score (nSPS) is 14.0. The number of nitrogens with zero attached hydrogens (tertiary/aromatic N) is 1. The minimum absolute atomic E-state index is 0.549. The van der Waals surface area contributed by atoms with Crippen LogP contribution in [0, 0.1) is 0 Å². The van der Waals surface area contributed by atoms with Crippen LogP contribution in [0.2, 0.25) is 0 Å². The highest BCUT2D eigenvalue weighted by Gasteiger charge is 2.17. The van der Waals surface area contributed by atoms with Gasteiger partial charge in [-0.2, -0.15) is 0 Å². The van der Waals surface area contributed by atoms with Crippen molar-refractivity contribution in [3.63, 3.8) is 0 Å². The van der Waals surface area contributed by atoms with Gasteiger partial charge in [-0.15, -0.1) is 0 Å². The predicted octanol–water partition coefficient (Wildman–Crippen LogP) is 1.32. The number of aryl methyl sites for hydroxylation is 1. The minimum Gasteiger partial charge on any atom is -0.423 e. The van der Waals surface area contributed by atoms with Gasteiger partial charge in [0.15, 0.2) is 0 Å². The van der Waals surface area contributed by atoms with Crippen molar-refractivity contribution < 1.29 is 10.0 Å². The molecule has 2 aromatic carbocycles. The first-order valence-electron chi connectivity index (χ1n) is 7.02. The lowest BCUT2D eigenvalue weighted by Gasteiger charge is -2.31. The Morgan fingerprint density at radius 1 is 1.05 bits per heavy atom. The third-order valence-electron chi connectivity index (χ3n) is 3.83. The molecule has 0 atom stereocenters. The molecule has 0 saturated heterocycles. The maximum Gasteiger partial charge on any atom is 0.488 e. The van der Waals surface area contributed by atoms with Crippen molar-refractivity contribution in [2.75, 3.05) is 11.4 Å². The van der Waals surface area contributed by atoms with Crippen LogP contribution in [0.4, 0.5) is 5.69 Å². The van der Waals surface area contributed by atoms with Crippen molar-refractivity contribution in [3.05, 3.63) is 59.7 Å². The molecule has 20 heavy (non-hydrogen) atoms. The molecule has 2 aromatic rings. The smallest absolute Gasteiger partial charge is 0.423 e. The number of fused-ring (bicyclic) bond motifs is 1. The Morgan fingerprint density at radius 3 is 2.75 bits per heavy atom. The van der Waals surface area contributed by atoms with E-state index in [9.17, 15) is 10.0 Å². The Labute approximate surface area is 119 Å². The Hall–Kier alpha value is -1.78. The monoisotopic (exact) mass is 267 g/mol. The van der Waals surface area contributed by atoms with Gasteiger partial charge in [-0.05, 0) is 35.5 Å². The van der Waals surface area contributed by atoms with E-state index < -0.39 is 7.12 Å². The van der Waals surface area contributed by atoms with Crippen LogP contribution in [0.5, 0.6) is 0 Å². The molecule has 1 heterocycles. The summed E-state index contributed by atoms with van der Waals surface area (Å²) < 4.78 is 0. The Morgan fingerprint density at radius 2 is 1.90 bits per heavy atom. The number of anilines is 1. The van der Waals surface area contributed by atoms with E-state index in [1.807, 2.05) is 18.2 Å². The second-order valence-electron chi connectivity index (χ2n) is 5.27. The number of rotatable bonds is 3. The van der Waals surface area contributed by atoms with Crippen LogP contribution >= 0.6 is 0 Å². The molecule has 0 amide bonds. The molecule has 0 aromatic heterocycles. The molecule has 3 nitrogen and oxygen atoms in total.